The van der Waals surface area contributed by atoms with Crippen molar-refractivity contribution < 1.29 is 19.7 Å². The molecular formula is C23H21N3O4. The second-order valence-corrected chi connectivity index (χ2v) is 6.68. The number of para-hydroxylation sites is 2. The van der Waals surface area contributed by atoms with Crippen molar-refractivity contribution in [2.75, 3.05) is 13.2 Å². The summed E-state index contributed by atoms with van der Waals surface area (Å²) in [6, 6.07) is 19.5. The molecule has 7 heteroatoms. The van der Waals surface area contributed by atoms with Gasteiger partial charge in [-0.2, -0.15) is 0 Å². The van der Waals surface area contributed by atoms with E-state index in [0.717, 1.165) is 5.56 Å². The van der Waals surface area contributed by atoms with Gasteiger partial charge >= 0.3 is 0 Å². The minimum absolute atomic E-state index is 0.0733. The van der Waals surface area contributed by atoms with Crippen LogP contribution in [0.15, 0.2) is 73.3 Å². The van der Waals surface area contributed by atoms with E-state index >= 15 is 0 Å². The molecule has 3 aromatic carbocycles. The van der Waals surface area contributed by atoms with Gasteiger partial charge in [0.2, 0.25) is 0 Å². The van der Waals surface area contributed by atoms with Crippen molar-refractivity contribution in [1.29, 1.82) is 0 Å². The quantitative estimate of drug-likeness (QED) is 0.467. The highest BCUT2D eigenvalue weighted by molar-refractivity contribution is 5.75. The lowest BCUT2D eigenvalue weighted by molar-refractivity contribution is 0.0627. The Morgan fingerprint density at radius 2 is 1.57 bits per heavy atom. The van der Waals surface area contributed by atoms with Crippen molar-refractivity contribution in [3.05, 3.63) is 78.9 Å². The molecule has 0 aliphatic carbocycles. The Kier molecular flexibility index (Phi) is 5.63. The van der Waals surface area contributed by atoms with Gasteiger partial charge in [-0.05, 0) is 42.0 Å². The number of phenols is 1. The van der Waals surface area contributed by atoms with Gasteiger partial charge in [-0.25, -0.2) is 0 Å². The fourth-order valence-electron chi connectivity index (χ4n) is 2.86. The third-order valence-corrected chi connectivity index (χ3v) is 4.45. The summed E-state index contributed by atoms with van der Waals surface area (Å²) in [6.45, 7) is 3.89. The number of nitrogens with zero attached hydrogens (tertiary/aromatic N) is 3. The van der Waals surface area contributed by atoms with Gasteiger partial charge < -0.3 is 19.7 Å². The van der Waals surface area contributed by atoms with E-state index < -0.39 is 6.10 Å². The molecule has 1 unspecified atom stereocenters. The first-order chi connectivity index (χ1) is 14.6. The van der Waals surface area contributed by atoms with Gasteiger partial charge in [0.15, 0.2) is 0 Å². The minimum Gasteiger partial charge on any atom is -0.506 e. The molecule has 0 radical (unpaired) electrons. The Morgan fingerprint density at radius 3 is 2.30 bits per heavy atom. The molecule has 7 nitrogen and oxygen atoms in total. The molecule has 0 spiro atoms. The second kappa shape index (κ2) is 8.67. The summed E-state index contributed by atoms with van der Waals surface area (Å²) in [5.74, 6) is 1.32. The highest BCUT2D eigenvalue weighted by atomic mass is 16.5. The molecule has 2 N–H and O–H groups in total. The van der Waals surface area contributed by atoms with Gasteiger partial charge in [0.1, 0.15) is 53.3 Å². The van der Waals surface area contributed by atoms with E-state index in [9.17, 15) is 10.2 Å². The van der Waals surface area contributed by atoms with Crippen LogP contribution in [0.5, 0.6) is 17.2 Å². The second-order valence-electron chi connectivity index (χ2n) is 6.68. The Balaban J connectivity index is 1.36. The first kappa shape index (κ1) is 19.5. The molecule has 4 rings (SSSR count). The number of phenolic OH excluding ortho intramolecular Hbond substituents is 1. The molecule has 0 aliphatic heterocycles. The first-order valence-corrected chi connectivity index (χ1v) is 9.44. The molecule has 152 valence electrons. The Labute approximate surface area is 173 Å². The fourth-order valence-corrected chi connectivity index (χ4v) is 2.86. The molecule has 4 aromatic rings. The molecule has 1 atom stereocenters. The lowest BCUT2D eigenvalue weighted by Gasteiger charge is -2.13. The molecule has 1 heterocycles. The number of rotatable bonds is 8. The van der Waals surface area contributed by atoms with E-state index in [1.54, 1.807) is 48.5 Å². The highest BCUT2D eigenvalue weighted by Gasteiger charge is 2.11. The zero-order chi connectivity index (χ0) is 20.9. The van der Waals surface area contributed by atoms with Crippen molar-refractivity contribution >= 4 is 17.1 Å². The molecule has 1 aromatic heterocycles. The summed E-state index contributed by atoms with van der Waals surface area (Å²) < 4.78 is 11.2. The summed E-state index contributed by atoms with van der Waals surface area (Å²) in [6.07, 6.45) is 0.960. The summed E-state index contributed by atoms with van der Waals surface area (Å²) >= 11 is 0. The van der Waals surface area contributed by atoms with Crippen molar-refractivity contribution in [1.82, 2.24) is 15.0 Å². The number of hydrogen-bond donors (Lipinski definition) is 2. The van der Waals surface area contributed by atoms with Crippen molar-refractivity contribution in [2.45, 2.75) is 6.10 Å². The normalized spacial score (nSPS) is 11.9. The van der Waals surface area contributed by atoms with Crippen LogP contribution >= 0.6 is 0 Å². The van der Waals surface area contributed by atoms with Gasteiger partial charge in [0.25, 0.3) is 0 Å². The predicted molar refractivity (Wildman–Crippen MR) is 114 cm³/mol. The third-order valence-electron chi connectivity index (χ3n) is 4.45. The SMILES string of the molecule is C=Cc1ccc(OCC(O)COc2ccc3nn(-c4ccccc4O)nc3c2)cc1. The van der Waals surface area contributed by atoms with Gasteiger partial charge in [0, 0.05) is 6.07 Å². The van der Waals surface area contributed by atoms with Crippen LogP contribution in [-0.4, -0.2) is 44.5 Å². The topological polar surface area (TPSA) is 89.6 Å². The van der Waals surface area contributed by atoms with E-state index in [2.05, 4.69) is 16.8 Å². The maximum Gasteiger partial charge on any atom is 0.143 e. The zero-order valence-electron chi connectivity index (χ0n) is 16.2. The molecule has 0 saturated carbocycles. The van der Waals surface area contributed by atoms with Crippen molar-refractivity contribution in [3.63, 3.8) is 0 Å². The number of fused-ring (bicyclic) bond motifs is 1. The van der Waals surface area contributed by atoms with Gasteiger partial charge in [-0.3, -0.25) is 0 Å². The fraction of sp³-hybridized carbons (Fsp3) is 0.130. The zero-order valence-corrected chi connectivity index (χ0v) is 16.2. The lowest BCUT2D eigenvalue weighted by Crippen LogP contribution is -2.25. The van der Waals surface area contributed by atoms with Crippen molar-refractivity contribution in [2.24, 2.45) is 0 Å². The van der Waals surface area contributed by atoms with E-state index in [1.807, 2.05) is 24.3 Å². The van der Waals surface area contributed by atoms with Crippen LogP contribution in [-0.2, 0) is 0 Å². The Morgan fingerprint density at radius 1 is 0.900 bits per heavy atom. The number of aliphatic hydroxyl groups is 1. The average molecular weight is 403 g/mol. The van der Waals surface area contributed by atoms with E-state index in [0.29, 0.717) is 28.2 Å². The molecule has 0 bridgehead atoms. The number of aromatic hydroxyl groups is 1. The summed E-state index contributed by atoms with van der Waals surface area (Å²) in [5.41, 5.74) is 2.77. The van der Waals surface area contributed by atoms with Gasteiger partial charge in [-0.15, -0.1) is 15.0 Å². The summed E-state index contributed by atoms with van der Waals surface area (Å²) in [5, 5.41) is 28.9. The average Bonchev–Trinajstić information content (AvgIpc) is 3.20. The highest BCUT2D eigenvalue weighted by Crippen LogP contribution is 2.23. The smallest absolute Gasteiger partial charge is 0.143 e. The van der Waals surface area contributed by atoms with Crippen LogP contribution in [0.1, 0.15) is 5.56 Å². The van der Waals surface area contributed by atoms with Crippen LogP contribution in [0, 0.1) is 0 Å². The molecular weight excluding hydrogens is 382 g/mol. The van der Waals surface area contributed by atoms with Crippen LogP contribution in [0.25, 0.3) is 22.8 Å². The lowest BCUT2D eigenvalue weighted by atomic mass is 10.2. The van der Waals surface area contributed by atoms with E-state index in [-0.39, 0.29) is 19.0 Å². The monoisotopic (exact) mass is 403 g/mol. The number of aromatic nitrogens is 3. The Hall–Kier alpha value is -3.84. The van der Waals surface area contributed by atoms with E-state index in [1.165, 1.54) is 4.80 Å². The summed E-state index contributed by atoms with van der Waals surface area (Å²) in [4.78, 5) is 1.38. The largest absolute Gasteiger partial charge is 0.506 e. The molecule has 30 heavy (non-hydrogen) atoms. The minimum atomic E-state index is -0.795. The number of ether oxygens (including phenoxy) is 2. The van der Waals surface area contributed by atoms with Crippen LogP contribution in [0.4, 0.5) is 0 Å². The molecule has 0 saturated heterocycles. The third kappa shape index (κ3) is 4.42. The predicted octanol–water partition coefficient (Wildman–Crippen LogP) is 3.59. The Bertz CT molecular complexity index is 1150. The van der Waals surface area contributed by atoms with Crippen LogP contribution in [0.3, 0.4) is 0 Å². The van der Waals surface area contributed by atoms with Crippen LogP contribution in [0.2, 0.25) is 0 Å². The number of hydrogen-bond acceptors (Lipinski definition) is 6. The summed E-state index contributed by atoms with van der Waals surface area (Å²) in [7, 11) is 0. The number of aliphatic hydroxyl groups excluding tert-OH is 1. The van der Waals surface area contributed by atoms with E-state index in [4.69, 9.17) is 9.47 Å². The first-order valence-electron chi connectivity index (χ1n) is 9.44. The maximum atomic E-state index is 10.1. The molecule has 0 fully saturated rings. The molecule has 0 aliphatic rings. The number of benzene rings is 3. The molecule has 0 amide bonds. The maximum absolute atomic E-state index is 10.1. The van der Waals surface area contributed by atoms with Crippen molar-refractivity contribution in [3.8, 4) is 22.9 Å². The van der Waals surface area contributed by atoms with Gasteiger partial charge in [0.05, 0.1) is 0 Å². The standard InChI is InChI=1S/C23H21N3O4/c1-2-16-7-9-18(10-8-16)29-14-17(27)15-30-19-11-12-20-21(13-19)25-26(24-20)22-5-3-4-6-23(22)28/h2-13,17,27-28H,1,14-15H2. The van der Waals surface area contributed by atoms with Crippen LogP contribution < -0.4 is 9.47 Å². The van der Waals surface area contributed by atoms with Gasteiger partial charge in [-0.1, -0.05) is 36.9 Å².